The Morgan fingerprint density at radius 3 is 2.44 bits per heavy atom. The first-order valence-electron chi connectivity index (χ1n) is 5.81. The summed E-state index contributed by atoms with van der Waals surface area (Å²) in [7, 11) is 0. The van der Waals surface area contributed by atoms with E-state index in [1.807, 2.05) is 18.7 Å². The van der Waals surface area contributed by atoms with E-state index < -0.39 is 5.97 Å². The maximum absolute atomic E-state index is 11.8. The summed E-state index contributed by atoms with van der Waals surface area (Å²) in [6.45, 7) is 6.89. The van der Waals surface area contributed by atoms with E-state index in [0.29, 0.717) is 39.1 Å². The summed E-state index contributed by atoms with van der Waals surface area (Å²) < 4.78 is 0. The second-order valence-corrected chi connectivity index (χ2v) is 4.12. The van der Waals surface area contributed by atoms with Crippen LogP contribution in [0, 0.1) is 5.92 Å². The van der Waals surface area contributed by atoms with Crippen molar-refractivity contribution in [2.24, 2.45) is 5.92 Å². The van der Waals surface area contributed by atoms with Crippen molar-refractivity contribution < 1.29 is 14.7 Å². The molecular formula is C11H20N2O3. The van der Waals surface area contributed by atoms with Gasteiger partial charge in [0, 0.05) is 19.6 Å². The minimum Gasteiger partial charge on any atom is -0.481 e. The molecule has 5 nitrogen and oxygen atoms in total. The molecule has 1 heterocycles. The number of carboxylic acid groups (broad SMARTS) is 1. The maximum atomic E-state index is 11.8. The molecule has 0 aromatic carbocycles. The third-order valence-corrected chi connectivity index (χ3v) is 3.10. The fraction of sp³-hybridized carbons (Fsp3) is 0.818. The molecule has 0 aliphatic carbocycles. The van der Waals surface area contributed by atoms with Crippen LogP contribution in [0.25, 0.3) is 0 Å². The Hall–Kier alpha value is -1.10. The Labute approximate surface area is 96.0 Å². The van der Waals surface area contributed by atoms with Crippen LogP contribution in [0.1, 0.15) is 20.3 Å². The molecule has 0 unspecified atom stereocenters. The van der Waals surface area contributed by atoms with Crippen LogP contribution in [0.3, 0.4) is 0 Å². The summed E-state index contributed by atoms with van der Waals surface area (Å²) in [5.74, 6) is -0.960. The summed E-state index contributed by atoms with van der Waals surface area (Å²) in [5.41, 5.74) is 0. The van der Waals surface area contributed by atoms with Crippen LogP contribution in [0.5, 0.6) is 0 Å². The fourth-order valence-corrected chi connectivity index (χ4v) is 2.05. The summed E-state index contributed by atoms with van der Waals surface area (Å²) in [6.07, 6.45) is 0.654. The molecule has 0 saturated carbocycles. The number of aliphatic carboxylic acids is 1. The Bertz CT molecular complexity index is 264. The average Bonchev–Trinajstić information content (AvgIpc) is 2.68. The van der Waals surface area contributed by atoms with Crippen molar-refractivity contribution >= 4 is 11.9 Å². The number of nitrogens with zero attached hydrogens (tertiary/aromatic N) is 2. The lowest BCUT2D eigenvalue weighted by atomic mass is 10.1. The van der Waals surface area contributed by atoms with Crippen molar-refractivity contribution in [2.75, 3.05) is 32.7 Å². The van der Waals surface area contributed by atoms with Gasteiger partial charge >= 0.3 is 5.97 Å². The Morgan fingerprint density at radius 1 is 1.38 bits per heavy atom. The minimum absolute atomic E-state index is 0.0936. The minimum atomic E-state index is -0.752. The molecule has 1 saturated heterocycles. The topological polar surface area (TPSA) is 60.9 Å². The van der Waals surface area contributed by atoms with E-state index in [2.05, 4.69) is 0 Å². The molecule has 5 heteroatoms. The molecule has 0 spiro atoms. The van der Waals surface area contributed by atoms with Crippen molar-refractivity contribution in [3.8, 4) is 0 Å². The summed E-state index contributed by atoms with van der Waals surface area (Å²) in [5, 5.41) is 8.84. The van der Waals surface area contributed by atoms with Crippen LogP contribution in [-0.4, -0.2) is 59.5 Å². The first-order chi connectivity index (χ1) is 7.58. The number of amides is 1. The van der Waals surface area contributed by atoms with Gasteiger partial charge in [-0.3, -0.25) is 14.5 Å². The number of likely N-dealkylation sites (N-methyl/N-ethyl adjacent to an activating group) is 1. The van der Waals surface area contributed by atoms with Crippen molar-refractivity contribution in [3.05, 3.63) is 0 Å². The lowest BCUT2D eigenvalue weighted by Crippen LogP contribution is -2.39. The van der Waals surface area contributed by atoms with E-state index in [4.69, 9.17) is 5.11 Å². The first kappa shape index (κ1) is 13.0. The highest BCUT2D eigenvalue weighted by Crippen LogP contribution is 2.15. The van der Waals surface area contributed by atoms with E-state index in [1.165, 1.54) is 0 Å². The van der Waals surface area contributed by atoms with Gasteiger partial charge in [-0.05, 0) is 26.8 Å². The normalized spacial score (nSPS) is 21.0. The molecule has 1 fully saturated rings. The molecular weight excluding hydrogens is 208 g/mol. The Morgan fingerprint density at radius 2 is 2.00 bits per heavy atom. The van der Waals surface area contributed by atoms with E-state index in [-0.39, 0.29) is 11.8 Å². The molecule has 16 heavy (non-hydrogen) atoms. The van der Waals surface area contributed by atoms with Crippen molar-refractivity contribution in [1.29, 1.82) is 0 Å². The van der Waals surface area contributed by atoms with Gasteiger partial charge in [0.05, 0.1) is 12.5 Å². The third kappa shape index (κ3) is 3.20. The van der Waals surface area contributed by atoms with Crippen LogP contribution in [0.4, 0.5) is 0 Å². The van der Waals surface area contributed by atoms with E-state index in [9.17, 15) is 9.59 Å². The second kappa shape index (κ2) is 5.84. The van der Waals surface area contributed by atoms with Crippen molar-refractivity contribution in [3.63, 3.8) is 0 Å². The van der Waals surface area contributed by atoms with Gasteiger partial charge < -0.3 is 10.0 Å². The monoisotopic (exact) mass is 228 g/mol. The van der Waals surface area contributed by atoms with E-state index >= 15 is 0 Å². The molecule has 1 aliphatic heterocycles. The van der Waals surface area contributed by atoms with Gasteiger partial charge in [0.1, 0.15) is 0 Å². The molecule has 1 atom stereocenters. The van der Waals surface area contributed by atoms with E-state index in [1.54, 1.807) is 4.90 Å². The van der Waals surface area contributed by atoms with Gasteiger partial charge in [0.25, 0.3) is 0 Å². The predicted molar refractivity (Wildman–Crippen MR) is 60.1 cm³/mol. The van der Waals surface area contributed by atoms with Gasteiger partial charge in [0.15, 0.2) is 0 Å². The summed E-state index contributed by atoms with van der Waals surface area (Å²) in [6, 6.07) is 0. The quantitative estimate of drug-likeness (QED) is 0.733. The summed E-state index contributed by atoms with van der Waals surface area (Å²) >= 11 is 0. The highest BCUT2D eigenvalue weighted by molar-refractivity contribution is 5.78. The average molecular weight is 228 g/mol. The smallest absolute Gasteiger partial charge is 0.307 e. The zero-order valence-corrected chi connectivity index (χ0v) is 9.98. The number of carboxylic acids is 1. The molecule has 92 valence electrons. The van der Waals surface area contributed by atoms with E-state index in [0.717, 1.165) is 0 Å². The van der Waals surface area contributed by atoms with Gasteiger partial charge in [-0.15, -0.1) is 0 Å². The molecule has 0 aromatic heterocycles. The van der Waals surface area contributed by atoms with Crippen LogP contribution in [0.2, 0.25) is 0 Å². The molecule has 0 radical (unpaired) electrons. The molecule has 1 rings (SSSR count). The maximum Gasteiger partial charge on any atom is 0.307 e. The number of likely N-dealkylation sites (tertiary alicyclic amines) is 1. The zero-order valence-electron chi connectivity index (χ0n) is 9.98. The largest absolute Gasteiger partial charge is 0.481 e. The Kier molecular flexibility index (Phi) is 4.73. The number of rotatable bonds is 5. The van der Waals surface area contributed by atoms with Crippen molar-refractivity contribution in [1.82, 2.24) is 9.80 Å². The number of hydrogen-bond acceptors (Lipinski definition) is 3. The Balaban J connectivity index is 2.39. The predicted octanol–water partition coefficient (Wildman–Crippen LogP) is 0.261. The summed E-state index contributed by atoms with van der Waals surface area (Å²) in [4.78, 5) is 26.2. The molecule has 1 amide bonds. The zero-order chi connectivity index (χ0) is 12.1. The van der Waals surface area contributed by atoms with Gasteiger partial charge in [-0.2, -0.15) is 0 Å². The molecule has 0 aromatic rings. The second-order valence-electron chi connectivity index (χ2n) is 4.12. The van der Waals surface area contributed by atoms with Gasteiger partial charge in [-0.1, -0.05) is 0 Å². The van der Waals surface area contributed by atoms with Crippen molar-refractivity contribution in [2.45, 2.75) is 20.3 Å². The van der Waals surface area contributed by atoms with Gasteiger partial charge in [-0.25, -0.2) is 0 Å². The number of carbonyl (C=O) groups excluding carboxylic acids is 1. The standard InChI is InChI=1S/C11H20N2O3/c1-3-13(4-2)10(14)8-12-6-5-9(7-12)11(15)16/h9H,3-8H2,1-2H3,(H,15,16)/t9-/m1/s1. The van der Waals surface area contributed by atoms with Crippen LogP contribution in [-0.2, 0) is 9.59 Å². The highest BCUT2D eigenvalue weighted by atomic mass is 16.4. The fourth-order valence-electron chi connectivity index (χ4n) is 2.05. The lowest BCUT2D eigenvalue weighted by molar-refractivity contribution is -0.141. The molecule has 1 aliphatic rings. The van der Waals surface area contributed by atoms with Gasteiger partial charge in [0.2, 0.25) is 5.91 Å². The number of carbonyl (C=O) groups is 2. The van der Waals surface area contributed by atoms with Crippen LogP contribution < -0.4 is 0 Å². The highest BCUT2D eigenvalue weighted by Gasteiger charge is 2.29. The lowest BCUT2D eigenvalue weighted by Gasteiger charge is -2.22. The first-order valence-corrected chi connectivity index (χ1v) is 5.81. The van der Waals surface area contributed by atoms with Crippen LogP contribution >= 0.6 is 0 Å². The number of hydrogen-bond donors (Lipinski definition) is 1. The molecule has 1 N–H and O–H groups in total. The third-order valence-electron chi connectivity index (χ3n) is 3.10. The molecule has 0 bridgehead atoms. The van der Waals surface area contributed by atoms with Crippen LogP contribution in [0.15, 0.2) is 0 Å². The SMILES string of the molecule is CCN(CC)C(=O)CN1CC[C@@H](C(=O)O)C1.